The molecule has 6 heteroatoms. The van der Waals surface area contributed by atoms with Gasteiger partial charge in [0.05, 0.1) is 12.2 Å². The van der Waals surface area contributed by atoms with Gasteiger partial charge in [0, 0.05) is 19.2 Å². The van der Waals surface area contributed by atoms with Crippen LogP contribution in [0.1, 0.15) is 26.3 Å². The smallest absolute Gasteiger partial charge is 0.407 e. The molecule has 6 nitrogen and oxygen atoms in total. The van der Waals surface area contributed by atoms with Crippen molar-refractivity contribution >= 4 is 11.9 Å². The molecular weight excluding hydrogens is 232 g/mol. The molecule has 1 aliphatic rings. The van der Waals surface area contributed by atoms with Crippen molar-refractivity contribution in [3.8, 4) is 0 Å². The van der Waals surface area contributed by atoms with Crippen LogP contribution in [0.3, 0.4) is 0 Å². The Hall–Kier alpha value is -1.72. The van der Waals surface area contributed by atoms with Gasteiger partial charge < -0.3 is 15.4 Å². The van der Waals surface area contributed by atoms with Crippen LogP contribution in [0.25, 0.3) is 0 Å². The van der Waals surface area contributed by atoms with Crippen LogP contribution >= 0.6 is 0 Å². The van der Waals surface area contributed by atoms with Crippen molar-refractivity contribution in [1.82, 2.24) is 15.1 Å². The SMILES string of the molecule is Cn1ncc2c1NCC(NC(=O)OC(C)(C)C)C2. The van der Waals surface area contributed by atoms with E-state index in [2.05, 4.69) is 15.7 Å². The summed E-state index contributed by atoms with van der Waals surface area (Å²) in [5, 5.41) is 10.3. The number of hydrogen-bond donors (Lipinski definition) is 2. The lowest BCUT2D eigenvalue weighted by atomic mass is 10.1. The first-order chi connectivity index (χ1) is 8.35. The molecule has 0 saturated heterocycles. The Kier molecular flexibility index (Phi) is 3.19. The first-order valence-corrected chi connectivity index (χ1v) is 6.09. The van der Waals surface area contributed by atoms with Crippen LogP contribution in [-0.2, 0) is 18.2 Å². The molecule has 1 amide bonds. The Labute approximate surface area is 107 Å². The van der Waals surface area contributed by atoms with Crippen LogP contribution in [0.15, 0.2) is 6.20 Å². The molecule has 18 heavy (non-hydrogen) atoms. The molecule has 0 radical (unpaired) electrons. The Balaban J connectivity index is 1.92. The third-order valence-electron chi connectivity index (χ3n) is 2.72. The first kappa shape index (κ1) is 12.7. The van der Waals surface area contributed by atoms with E-state index in [1.54, 1.807) is 4.68 Å². The lowest BCUT2D eigenvalue weighted by Crippen LogP contribution is -2.45. The summed E-state index contributed by atoms with van der Waals surface area (Å²) in [5.74, 6) is 1.03. The second-order valence-electron chi connectivity index (χ2n) is 5.57. The van der Waals surface area contributed by atoms with E-state index in [1.165, 1.54) is 0 Å². The molecule has 0 aliphatic carbocycles. The van der Waals surface area contributed by atoms with Gasteiger partial charge in [-0.25, -0.2) is 4.79 Å². The summed E-state index contributed by atoms with van der Waals surface area (Å²) in [5.41, 5.74) is 0.649. The van der Waals surface area contributed by atoms with Crippen LogP contribution in [0.2, 0.25) is 0 Å². The number of carbonyl (C=O) groups is 1. The topological polar surface area (TPSA) is 68.2 Å². The fourth-order valence-electron chi connectivity index (χ4n) is 1.99. The molecule has 2 N–H and O–H groups in total. The number of aromatic nitrogens is 2. The molecule has 0 bridgehead atoms. The highest BCUT2D eigenvalue weighted by molar-refractivity contribution is 5.68. The Morgan fingerprint density at radius 2 is 2.33 bits per heavy atom. The Bertz CT molecular complexity index is 447. The molecule has 100 valence electrons. The monoisotopic (exact) mass is 252 g/mol. The number of nitrogens with zero attached hydrogens (tertiary/aromatic N) is 2. The standard InChI is InChI=1S/C12H20N4O2/c1-12(2,3)18-11(17)15-9-5-8-6-14-16(4)10(8)13-7-9/h6,9,13H,5,7H2,1-4H3,(H,15,17). The number of aryl methyl sites for hydroxylation is 1. The number of carbonyl (C=O) groups excluding carboxylic acids is 1. The van der Waals surface area contributed by atoms with Gasteiger partial charge in [-0.15, -0.1) is 0 Å². The zero-order valence-corrected chi connectivity index (χ0v) is 11.3. The molecule has 2 heterocycles. The van der Waals surface area contributed by atoms with Crippen molar-refractivity contribution in [1.29, 1.82) is 0 Å². The van der Waals surface area contributed by atoms with Crippen LogP contribution in [0, 0.1) is 0 Å². The highest BCUT2D eigenvalue weighted by atomic mass is 16.6. The lowest BCUT2D eigenvalue weighted by Gasteiger charge is -2.27. The zero-order chi connectivity index (χ0) is 13.3. The molecular formula is C12H20N4O2. The molecule has 1 aromatic heterocycles. The van der Waals surface area contributed by atoms with Crippen LogP contribution in [-0.4, -0.2) is 34.1 Å². The van der Waals surface area contributed by atoms with E-state index in [1.807, 2.05) is 34.0 Å². The maximum absolute atomic E-state index is 11.7. The van der Waals surface area contributed by atoms with Gasteiger partial charge in [-0.05, 0) is 27.2 Å². The van der Waals surface area contributed by atoms with E-state index >= 15 is 0 Å². The van der Waals surface area contributed by atoms with Gasteiger partial charge in [0.25, 0.3) is 0 Å². The number of anilines is 1. The van der Waals surface area contributed by atoms with E-state index in [0.29, 0.717) is 6.54 Å². The lowest BCUT2D eigenvalue weighted by molar-refractivity contribution is 0.0506. The number of amides is 1. The molecule has 1 aromatic rings. The van der Waals surface area contributed by atoms with E-state index < -0.39 is 5.60 Å². The van der Waals surface area contributed by atoms with E-state index in [0.717, 1.165) is 17.8 Å². The fraction of sp³-hybridized carbons (Fsp3) is 0.667. The molecule has 0 spiro atoms. The van der Waals surface area contributed by atoms with Gasteiger partial charge in [0.1, 0.15) is 11.4 Å². The van der Waals surface area contributed by atoms with Gasteiger partial charge in [-0.3, -0.25) is 4.68 Å². The number of alkyl carbamates (subject to hydrolysis) is 1. The molecule has 0 aromatic carbocycles. The number of ether oxygens (including phenoxy) is 1. The average molecular weight is 252 g/mol. The number of rotatable bonds is 1. The molecule has 1 atom stereocenters. The second kappa shape index (κ2) is 4.51. The summed E-state index contributed by atoms with van der Waals surface area (Å²) in [6, 6.07) is 0.0385. The maximum Gasteiger partial charge on any atom is 0.407 e. The Morgan fingerprint density at radius 1 is 1.61 bits per heavy atom. The molecule has 0 fully saturated rings. The van der Waals surface area contributed by atoms with Gasteiger partial charge in [-0.2, -0.15) is 5.10 Å². The zero-order valence-electron chi connectivity index (χ0n) is 11.3. The average Bonchev–Trinajstić information content (AvgIpc) is 2.57. The van der Waals surface area contributed by atoms with Crippen molar-refractivity contribution < 1.29 is 9.53 Å². The van der Waals surface area contributed by atoms with E-state index in [-0.39, 0.29) is 12.1 Å². The molecule has 1 aliphatic heterocycles. The summed E-state index contributed by atoms with van der Waals surface area (Å²) >= 11 is 0. The normalized spacial score (nSPS) is 18.8. The van der Waals surface area contributed by atoms with Gasteiger partial charge in [0.2, 0.25) is 0 Å². The third-order valence-corrected chi connectivity index (χ3v) is 2.72. The quantitative estimate of drug-likeness (QED) is 0.790. The van der Waals surface area contributed by atoms with Crippen LogP contribution < -0.4 is 10.6 Å². The molecule has 0 saturated carbocycles. The van der Waals surface area contributed by atoms with Gasteiger partial charge >= 0.3 is 6.09 Å². The van der Waals surface area contributed by atoms with Crippen molar-refractivity contribution in [2.75, 3.05) is 11.9 Å². The molecule has 1 unspecified atom stereocenters. The van der Waals surface area contributed by atoms with Crippen molar-refractivity contribution in [3.05, 3.63) is 11.8 Å². The minimum atomic E-state index is -0.467. The first-order valence-electron chi connectivity index (χ1n) is 6.09. The highest BCUT2D eigenvalue weighted by Gasteiger charge is 2.24. The Morgan fingerprint density at radius 3 is 3.00 bits per heavy atom. The number of fused-ring (bicyclic) bond motifs is 1. The van der Waals surface area contributed by atoms with Crippen molar-refractivity contribution in [2.24, 2.45) is 7.05 Å². The predicted octanol–water partition coefficient (Wildman–Crippen LogP) is 1.28. The predicted molar refractivity (Wildman–Crippen MR) is 68.6 cm³/mol. The van der Waals surface area contributed by atoms with Crippen molar-refractivity contribution in [3.63, 3.8) is 0 Å². The summed E-state index contributed by atoms with van der Waals surface area (Å²) in [6.45, 7) is 6.24. The van der Waals surface area contributed by atoms with Gasteiger partial charge in [0.15, 0.2) is 0 Å². The third kappa shape index (κ3) is 2.94. The van der Waals surface area contributed by atoms with Gasteiger partial charge in [-0.1, -0.05) is 0 Å². The van der Waals surface area contributed by atoms with Crippen molar-refractivity contribution in [2.45, 2.75) is 38.8 Å². The fourth-order valence-corrected chi connectivity index (χ4v) is 1.99. The minimum absolute atomic E-state index is 0.0385. The summed E-state index contributed by atoms with van der Waals surface area (Å²) in [6.07, 6.45) is 2.22. The highest BCUT2D eigenvalue weighted by Crippen LogP contribution is 2.20. The maximum atomic E-state index is 11.7. The van der Waals surface area contributed by atoms with Crippen LogP contribution in [0.4, 0.5) is 10.6 Å². The largest absolute Gasteiger partial charge is 0.444 e. The summed E-state index contributed by atoms with van der Waals surface area (Å²) in [4.78, 5) is 11.7. The van der Waals surface area contributed by atoms with E-state index in [9.17, 15) is 4.79 Å². The second-order valence-corrected chi connectivity index (χ2v) is 5.57. The van der Waals surface area contributed by atoms with Crippen LogP contribution in [0.5, 0.6) is 0 Å². The molecule has 2 rings (SSSR count). The van der Waals surface area contributed by atoms with E-state index in [4.69, 9.17) is 4.74 Å². The minimum Gasteiger partial charge on any atom is -0.444 e. The summed E-state index contributed by atoms with van der Waals surface area (Å²) < 4.78 is 7.04. The number of nitrogens with one attached hydrogen (secondary N) is 2. The number of hydrogen-bond acceptors (Lipinski definition) is 4. The summed E-state index contributed by atoms with van der Waals surface area (Å²) in [7, 11) is 1.90.